The van der Waals surface area contributed by atoms with Crippen LogP contribution in [-0.4, -0.2) is 28.2 Å². The highest BCUT2D eigenvalue weighted by Crippen LogP contribution is 2.24. The van der Waals surface area contributed by atoms with Crippen LogP contribution in [0.2, 0.25) is 0 Å². The molecule has 0 N–H and O–H groups in total. The fourth-order valence-corrected chi connectivity index (χ4v) is 2.53. The lowest BCUT2D eigenvalue weighted by atomic mass is 10.00. The largest absolute Gasteiger partial charge is 0.868 e. The van der Waals surface area contributed by atoms with Crippen molar-refractivity contribution >= 4 is 11.9 Å². The van der Waals surface area contributed by atoms with Gasteiger partial charge in [-0.1, -0.05) is 12.1 Å². The summed E-state index contributed by atoms with van der Waals surface area (Å²) in [5, 5.41) is 28.5. The highest BCUT2D eigenvalue weighted by atomic mass is 16.6. The predicted octanol–water partition coefficient (Wildman–Crippen LogP) is 2.27. The Hall–Kier alpha value is -2.11. The van der Waals surface area contributed by atoms with Gasteiger partial charge in [0.2, 0.25) is 0 Å². The molecule has 1 aliphatic heterocycles. The number of nitro benzene ring substituents is 1. The van der Waals surface area contributed by atoms with Gasteiger partial charge in [-0.2, -0.15) is 5.10 Å². The Morgan fingerprint density at radius 2 is 2.00 bits per heavy atom. The molecular formula is C14H18N3O3-. The van der Waals surface area contributed by atoms with E-state index in [0.717, 1.165) is 12.8 Å². The summed E-state index contributed by atoms with van der Waals surface area (Å²) < 4.78 is 0. The van der Waals surface area contributed by atoms with Gasteiger partial charge in [-0.3, -0.25) is 15.1 Å². The molecule has 0 aromatic heterocycles. The average molecular weight is 276 g/mol. The van der Waals surface area contributed by atoms with E-state index in [1.165, 1.54) is 18.6 Å². The van der Waals surface area contributed by atoms with Crippen molar-refractivity contribution in [1.29, 1.82) is 0 Å². The van der Waals surface area contributed by atoms with Crippen LogP contribution >= 0.6 is 0 Å². The average Bonchev–Trinajstić information content (AvgIpc) is 2.39. The third-order valence-corrected chi connectivity index (χ3v) is 3.67. The molecule has 0 spiro atoms. The first-order valence-electron chi connectivity index (χ1n) is 6.77. The second-order valence-corrected chi connectivity index (χ2v) is 5.24. The number of hydrogen-bond acceptors (Lipinski definition) is 5. The maximum atomic E-state index is 11.3. The van der Waals surface area contributed by atoms with Crippen LogP contribution in [0.4, 0.5) is 5.69 Å². The fourth-order valence-electron chi connectivity index (χ4n) is 2.53. The van der Waals surface area contributed by atoms with E-state index in [1.807, 2.05) is 5.01 Å². The maximum Gasteiger partial charge on any atom is 0.262 e. The van der Waals surface area contributed by atoms with Gasteiger partial charge >= 0.3 is 0 Å². The summed E-state index contributed by atoms with van der Waals surface area (Å²) in [4.78, 5) is 10.1. The van der Waals surface area contributed by atoms with E-state index in [2.05, 4.69) is 18.9 Å². The third kappa shape index (κ3) is 3.07. The first-order valence-corrected chi connectivity index (χ1v) is 6.77. The number of piperidine rings is 1. The number of benzene rings is 1. The highest BCUT2D eigenvalue weighted by molar-refractivity contribution is 5.81. The first-order chi connectivity index (χ1) is 9.49. The second-order valence-electron chi connectivity index (χ2n) is 5.24. The summed E-state index contributed by atoms with van der Waals surface area (Å²) in [7, 11) is 0. The number of nitro groups is 1. The summed E-state index contributed by atoms with van der Waals surface area (Å²) >= 11 is 0. The molecule has 0 saturated carbocycles. The van der Waals surface area contributed by atoms with Crippen molar-refractivity contribution in [3.63, 3.8) is 0 Å². The number of rotatable bonds is 3. The zero-order chi connectivity index (χ0) is 14.7. The van der Waals surface area contributed by atoms with Crippen molar-refractivity contribution < 1.29 is 10.0 Å². The Balaban J connectivity index is 2.18. The molecule has 0 amide bonds. The minimum atomic E-state index is -0.661. The zero-order valence-electron chi connectivity index (χ0n) is 11.7. The Morgan fingerprint density at radius 1 is 1.35 bits per heavy atom. The topological polar surface area (TPSA) is 81.8 Å². The molecule has 2 rings (SSSR count). The molecule has 1 heterocycles. The maximum absolute atomic E-state index is 11.3. The van der Waals surface area contributed by atoms with E-state index < -0.39 is 16.4 Å². The Bertz CT molecular complexity index is 520. The van der Waals surface area contributed by atoms with Crippen molar-refractivity contribution in [2.24, 2.45) is 5.10 Å². The van der Waals surface area contributed by atoms with E-state index in [4.69, 9.17) is 0 Å². The highest BCUT2D eigenvalue weighted by Gasteiger charge is 2.22. The van der Waals surface area contributed by atoms with E-state index in [-0.39, 0.29) is 0 Å². The van der Waals surface area contributed by atoms with Crippen LogP contribution in [0.3, 0.4) is 0 Å². The lowest BCUT2D eigenvalue weighted by Crippen LogP contribution is -2.39. The molecule has 1 aliphatic rings. The fraction of sp³-hybridized carbons (Fsp3) is 0.500. The van der Waals surface area contributed by atoms with Crippen molar-refractivity contribution in [3.8, 4) is 5.75 Å². The molecule has 6 heteroatoms. The van der Waals surface area contributed by atoms with Crippen LogP contribution < -0.4 is 5.11 Å². The molecular weight excluding hydrogens is 258 g/mol. The molecule has 20 heavy (non-hydrogen) atoms. The molecule has 108 valence electrons. The Kier molecular flexibility index (Phi) is 4.22. The monoisotopic (exact) mass is 276 g/mol. The standard InChI is InChI=1S/C14H19N3O3/c1-10-4-3-5-11(2)16(10)15-9-12-6-7-14(18)13(8-12)17(19)20/h6-11,18H,3-5H2,1-2H3/p-1/b15-9-/t10-,11-/m0/s1. The zero-order valence-corrected chi connectivity index (χ0v) is 11.7. The van der Waals surface area contributed by atoms with Gasteiger partial charge in [0.25, 0.3) is 5.69 Å². The van der Waals surface area contributed by atoms with E-state index in [1.54, 1.807) is 12.3 Å². The minimum Gasteiger partial charge on any atom is -0.868 e. The van der Waals surface area contributed by atoms with Crippen LogP contribution in [-0.2, 0) is 0 Å². The summed E-state index contributed by atoms with van der Waals surface area (Å²) in [6.07, 6.45) is 4.98. The Morgan fingerprint density at radius 3 is 2.60 bits per heavy atom. The van der Waals surface area contributed by atoms with E-state index in [9.17, 15) is 15.2 Å². The second kappa shape index (κ2) is 5.90. The normalized spacial score (nSPS) is 23.2. The first kappa shape index (κ1) is 14.3. The van der Waals surface area contributed by atoms with Crippen LogP contribution in [0.1, 0.15) is 38.7 Å². The molecule has 1 aromatic carbocycles. The lowest BCUT2D eigenvalue weighted by molar-refractivity contribution is -0.398. The summed E-state index contributed by atoms with van der Waals surface area (Å²) in [6, 6.07) is 4.76. The van der Waals surface area contributed by atoms with Crippen LogP contribution in [0, 0.1) is 10.1 Å². The summed E-state index contributed by atoms with van der Waals surface area (Å²) in [5.74, 6) is -0.577. The number of nitrogens with zero attached hydrogens (tertiary/aromatic N) is 3. The van der Waals surface area contributed by atoms with E-state index >= 15 is 0 Å². The van der Waals surface area contributed by atoms with Crippen LogP contribution in [0.15, 0.2) is 23.3 Å². The lowest BCUT2D eigenvalue weighted by Gasteiger charge is -2.36. The van der Waals surface area contributed by atoms with E-state index in [0.29, 0.717) is 17.6 Å². The van der Waals surface area contributed by atoms with Crippen molar-refractivity contribution in [2.45, 2.75) is 45.2 Å². The van der Waals surface area contributed by atoms with Crippen molar-refractivity contribution in [2.75, 3.05) is 0 Å². The van der Waals surface area contributed by atoms with Crippen molar-refractivity contribution in [3.05, 3.63) is 33.9 Å². The quantitative estimate of drug-likeness (QED) is 0.481. The SMILES string of the molecule is C[C@H]1CCC[C@H](C)N1/N=C\c1ccc([O-])c([N+](=O)[O-])c1. The van der Waals surface area contributed by atoms with Crippen molar-refractivity contribution in [1.82, 2.24) is 5.01 Å². The molecule has 0 radical (unpaired) electrons. The van der Waals surface area contributed by atoms with Gasteiger partial charge in [0.15, 0.2) is 0 Å². The van der Waals surface area contributed by atoms with Gasteiger partial charge in [-0.25, -0.2) is 0 Å². The van der Waals surface area contributed by atoms with Gasteiger partial charge in [0, 0.05) is 23.7 Å². The molecule has 0 aliphatic carbocycles. The minimum absolute atomic E-state index is 0.365. The summed E-state index contributed by atoms with van der Waals surface area (Å²) in [6.45, 7) is 4.24. The molecule has 1 aromatic rings. The molecule has 0 bridgehead atoms. The number of hydrogen-bond donors (Lipinski definition) is 0. The molecule has 1 fully saturated rings. The van der Waals surface area contributed by atoms with Gasteiger partial charge in [-0.05, 0) is 38.9 Å². The summed E-state index contributed by atoms with van der Waals surface area (Å²) in [5.41, 5.74) is 0.162. The van der Waals surface area contributed by atoms with Crippen LogP contribution in [0.5, 0.6) is 5.75 Å². The molecule has 6 nitrogen and oxygen atoms in total. The predicted molar refractivity (Wildman–Crippen MR) is 74.8 cm³/mol. The Labute approximate surface area is 117 Å². The molecule has 0 unspecified atom stereocenters. The van der Waals surface area contributed by atoms with Crippen LogP contribution in [0.25, 0.3) is 0 Å². The van der Waals surface area contributed by atoms with Gasteiger partial charge in [0.1, 0.15) is 0 Å². The number of hydrazone groups is 1. The smallest absolute Gasteiger partial charge is 0.262 e. The van der Waals surface area contributed by atoms with Gasteiger partial charge < -0.3 is 5.11 Å². The molecule has 1 saturated heterocycles. The van der Waals surface area contributed by atoms with Gasteiger partial charge in [0.05, 0.1) is 11.1 Å². The molecule has 2 atom stereocenters. The van der Waals surface area contributed by atoms with Gasteiger partial charge in [-0.15, -0.1) is 0 Å². The third-order valence-electron chi connectivity index (χ3n) is 3.67.